The molecule has 0 aromatic rings. The van der Waals surface area contributed by atoms with Crippen molar-refractivity contribution in [1.29, 1.82) is 0 Å². The molecule has 0 saturated heterocycles. The minimum atomic E-state index is 0.578. The maximum absolute atomic E-state index is 4.66. The van der Waals surface area contributed by atoms with E-state index < -0.39 is 0 Å². The number of rotatable bonds is 4. The molecule has 0 heterocycles. The average Bonchev–Trinajstić information content (AvgIpc) is 3.10. The van der Waals surface area contributed by atoms with Gasteiger partial charge in [0.05, 0.1) is 0 Å². The monoisotopic (exact) mass is 448 g/mol. The lowest BCUT2D eigenvalue weighted by Crippen LogP contribution is -2.53. The van der Waals surface area contributed by atoms with Crippen molar-refractivity contribution in [1.82, 2.24) is 0 Å². The first kappa shape index (κ1) is 27.0. The second-order valence-corrected chi connectivity index (χ2v) is 11.7. The van der Waals surface area contributed by atoms with Gasteiger partial charge in [-0.15, -0.1) is 11.6 Å². The van der Waals surface area contributed by atoms with Gasteiger partial charge in [-0.3, -0.25) is 0 Å². The number of allylic oxidation sites excluding steroid dienone is 3. The molecule has 4 aliphatic rings. The van der Waals surface area contributed by atoms with Crippen LogP contribution in [0.4, 0.5) is 0 Å². The van der Waals surface area contributed by atoms with Crippen LogP contribution < -0.4 is 0 Å². The lowest BCUT2D eigenvalue weighted by atomic mass is 9.44. The number of alkyl halides is 1. The summed E-state index contributed by atoms with van der Waals surface area (Å²) in [6.07, 6.45) is 22.2. The van der Waals surface area contributed by atoms with E-state index >= 15 is 0 Å². The lowest BCUT2D eigenvalue weighted by molar-refractivity contribution is -0.0888. The van der Waals surface area contributed by atoms with E-state index in [0.29, 0.717) is 10.8 Å². The Morgan fingerprint density at radius 1 is 0.935 bits per heavy atom. The summed E-state index contributed by atoms with van der Waals surface area (Å²) >= 11 is 4.64. The van der Waals surface area contributed by atoms with E-state index in [0.717, 1.165) is 35.5 Å². The first-order valence-electron chi connectivity index (χ1n) is 13.6. The van der Waals surface area contributed by atoms with Crippen LogP contribution in [0.3, 0.4) is 0 Å². The zero-order chi connectivity index (χ0) is 23.2. The van der Waals surface area contributed by atoms with Crippen molar-refractivity contribution in [3.8, 4) is 0 Å². The predicted octanol–water partition coefficient (Wildman–Crippen LogP) is 10.1. The molecular weight excluding hydrogens is 396 g/mol. The second-order valence-electron chi connectivity index (χ2n) is 11.7. The van der Waals surface area contributed by atoms with Crippen LogP contribution in [-0.4, -0.2) is 6.38 Å². The largest absolute Gasteiger partial charge is 0.130 e. The summed E-state index contributed by atoms with van der Waals surface area (Å²) < 4.78 is 0. The Balaban J connectivity index is 0.000000807. The summed E-state index contributed by atoms with van der Waals surface area (Å²) in [5.41, 5.74) is 2.82. The van der Waals surface area contributed by atoms with Crippen molar-refractivity contribution in [3.05, 3.63) is 24.3 Å². The number of hydrogen-bond acceptors (Lipinski definition) is 0. The first-order chi connectivity index (χ1) is 14.9. The van der Waals surface area contributed by atoms with Gasteiger partial charge >= 0.3 is 0 Å². The fraction of sp³-hybridized carbons (Fsp3) is 0.867. The highest BCUT2D eigenvalue weighted by molar-refractivity contribution is 6.15. The lowest BCUT2D eigenvalue weighted by Gasteiger charge is -2.61. The van der Waals surface area contributed by atoms with Crippen LogP contribution in [-0.2, 0) is 0 Å². The molecule has 0 aliphatic heterocycles. The zero-order valence-corrected chi connectivity index (χ0v) is 22.7. The third kappa shape index (κ3) is 5.31. The van der Waals surface area contributed by atoms with Crippen LogP contribution in [0.2, 0.25) is 0 Å². The number of halogens is 1. The standard InChI is InChI=1S/C27H44.C2H6.CH3Cl/c1-19(2)10-6-7-11-21-13-14-24-22-18-20(3)23-12-8-9-16-27(23,5)25(22)15-17-26(21,24)4;2*1-2/h6-7,19,21-25H,3,8-18H2,1-2,4-5H3;1-2H3;1H3/b7-6+;;. The SMILES string of the molecule is C=C1CC2C3CCC(C/C=C/CC(C)C)C3(C)CCC2C2(C)CCCCC12.CC.CCl. The summed E-state index contributed by atoms with van der Waals surface area (Å²) in [7, 11) is 0. The van der Waals surface area contributed by atoms with Crippen LogP contribution in [0.5, 0.6) is 0 Å². The Bertz CT molecular complexity index is 589. The van der Waals surface area contributed by atoms with E-state index in [1.807, 2.05) is 13.8 Å². The van der Waals surface area contributed by atoms with Gasteiger partial charge in [-0.1, -0.05) is 78.7 Å². The third-order valence-corrected chi connectivity index (χ3v) is 9.92. The molecular formula is C30H53Cl. The van der Waals surface area contributed by atoms with Gasteiger partial charge in [-0.2, -0.15) is 0 Å². The Hall–Kier alpha value is -0.230. The van der Waals surface area contributed by atoms with Crippen LogP contribution in [0.25, 0.3) is 0 Å². The van der Waals surface area contributed by atoms with E-state index in [1.165, 1.54) is 77.0 Å². The minimum Gasteiger partial charge on any atom is -0.130 e. The molecule has 1 heteroatoms. The zero-order valence-electron chi connectivity index (χ0n) is 22.0. The fourth-order valence-electron chi connectivity index (χ4n) is 8.43. The van der Waals surface area contributed by atoms with Gasteiger partial charge in [0.2, 0.25) is 0 Å². The van der Waals surface area contributed by atoms with Gasteiger partial charge in [-0.25, -0.2) is 0 Å². The van der Waals surface area contributed by atoms with E-state index in [2.05, 4.69) is 58.0 Å². The Morgan fingerprint density at radius 3 is 2.29 bits per heavy atom. The van der Waals surface area contributed by atoms with Gasteiger partial charge in [0.25, 0.3) is 0 Å². The third-order valence-electron chi connectivity index (χ3n) is 9.92. The molecule has 0 nitrogen and oxygen atoms in total. The van der Waals surface area contributed by atoms with Crippen molar-refractivity contribution in [3.63, 3.8) is 0 Å². The summed E-state index contributed by atoms with van der Waals surface area (Å²) in [6.45, 7) is 18.7. The summed E-state index contributed by atoms with van der Waals surface area (Å²) in [6, 6.07) is 0. The van der Waals surface area contributed by atoms with Gasteiger partial charge in [0.15, 0.2) is 0 Å². The first-order valence-corrected chi connectivity index (χ1v) is 14.3. The quantitative estimate of drug-likeness (QED) is 0.296. The maximum atomic E-state index is 4.66. The molecule has 4 fully saturated rings. The molecule has 0 aromatic heterocycles. The van der Waals surface area contributed by atoms with E-state index in [-0.39, 0.29) is 0 Å². The highest BCUT2D eigenvalue weighted by Gasteiger charge is 2.59. The Morgan fingerprint density at radius 2 is 1.61 bits per heavy atom. The average molecular weight is 449 g/mol. The topological polar surface area (TPSA) is 0 Å². The Kier molecular flexibility index (Phi) is 10.3. The number of fused-ring (bicyclic) bond motifs is 5. The molecule has 7 unspecified atom stereocenters. The summed E-state index contributed by atoms with van der Waals surface area (Å²) in [4.78, 5) is 0. The van der Waals surface area contributed by atoms with E-state index in [9.17, 15) is 0 Å². The number of hydrogen-bond donors (Lipinski definition) is 0. The predicted molar refractivity (Wildman–Crippen MR) is 141 cm³/mol. The van der Waals surface area contributed by atoms with Crippen LogP contribution in [0.15, 0.2) is 24.3 Å². The Labute approximate surface area is 200 Å². The van der Waals surface area contributed by atoms with Crippen LogP contribution >= 0.6 is 11.6 Å². The summed E-state index contributed by atoms with van der Waals surface area (Å²) in [5, 5.41) is 0. The normalized spacial score (nSPS) is 41.5. The van der Waals surface area contributed by atoms with Crippen molar-refractivity contribution in [2.75, 3.05) is 6.38 Å². The van der Waals surface area contributed by atoms with Gasteiger partial charge in [-0.05, 0) is 104 Å². The van der Waals surface area contributed by atoms with Crippen molar-refractivity contribution in [2.24, 2.45) is 46.3 Å². The molecule has 0 spiro atoms. The minimum absolute atomic E-state index is 0.578. The molecule has 180 valence electrons. The fourth-order valence-corrected chi connectivity index (χ4v) is 8.43. The molecule has 0 N–H and O–H groups in total. The molecule has 0 radical (unpaired) electrons. The molecule has 4 aliphatic carbocycles. The molecule has 4 saturated carbocycles. The molecule has 0 amide bonds. The maximum Gasteiger partial charge on any atom is 0.0108 e. The molecule has 0 bridgehead atoms. The van der Waals surface area contributed by atoms with Gasteiger partial charge < -0.3 is 0 Å². The molecule has 31 heavy (non-hydrogen) atoms. The molecule has 7 atom stereocenters. The van der Waals surface area contributed by atoms with Crippen molar-refractivity contribution in [2.45, 2.75) is 112 Å². The highest BCUT2D eigenvalue weighted by Crippen LogP contribution is 2.68. The van der Waals surface area contributed by atoms with Gasteiger partial charge in [0, 0.05) is 6.38 Å². The van der Waals surface area contributed by atoms with Crippen molar-refractivity contribution < 1.29 is 0 Å². The highest BCUT2D eigenvalue weighted by atomic mass is 35.5. The van der Waals surface area contributed by atoms with Gasteiger partial charge in [0.1, 0.15) is 0 Å². The van der Waals surface area contributed by atoms with E-state index in [4.69, 9.17) is 0 Å². The molecule has 4 rings (SSSR count). The second kappa shape index (κ2) is 11.8. The smallest absolute Gasteiger partial charge is 0.0108 e. The summed E-state index contributed by atoms with van der Waals surface area (Å²) in [5.74, 6) is 5.46. The van der Waals surface area contributed by atoms with Crippen molar-refractivity contribution >= 4 is 11.6 Å². The van der Waals surface area contributed by atoms with E-state index in [1.54, 1.807) is 5.57 Å². The van der Waals surface area contributed by atoms with Crippen LogP contribution in [0.1, 0.15) is 112 Å². The van der Waals surface area contributed by atoms with Crippen LogP contribution in [0, 0.1) is 46.3 Å². The molecule has 0 aromatic carbocycles.